The van der Waals surface area contributed by atoms with Crippen molar-refractivity contribution in [1.82, 2.24) is 4.90 Å². The third-order valence-electron chi connectivity index (χ3n) is 1.87. The Hall–Kier alpha value is -0.610. The summed E-state index contributed by atoms with van der Waals surface area (Å²) in [5.74, 6) is 0.0593. The molecule has 0 unspecified atom stereocenters. The molecule has 1 atom stereocenters. The fourth-order valence-electron chi connectivity index (χ4n) is 1.25. The minimum absolute atomic E-state index is 0.0593. The summed E-state index contributed by atoms with van der Waals surface area (Å²) in [6.45, 7) is 1.56. The maximum atomic E-state index is 11.1. The number of nitrogens with zero attached hydrogens (tertiary/aromatic N) is 1. The van der Waals surface area contributed by atoms with Crippen LogP contribution in [0.5, 0.6) is 0 Å². The topological polar surface area (TPSA) is 66.6 Å². The number of carbonyl (C=O) groups is 1. The van der Waals surface area contributed by atoms with Gasteiger partial charge >= 0.3 is 0 Å². The highest BCUT2D eigenvalue weighted by Crippen LogP contribution is 2.09. The second kappa shape index (κ2) is 3.69. The van der Waals surface area contributed by atoms with Gasteiger partial charge in [0.2, 0.25) is 5.91 Å². The Morgan fingerprint density at radius 3 is 2.91 bits per heavy atom. The number of amides is 1. The van der Waals surface area contributed by atoms with Crippen molar-refractivity contribution in [3.05, 3.63) is 0 Å². The third kappa shape index (κ3) is 2.17. The Kier molecular flexibility index (Phi) is 2.84. The van der Waals surface area contributed by atoms with Gasteiger partial charge in [0, 0.05) is 26.1 Å². The molecule has 0 spiro atoms. The molecule has 4 heteroatoms. The first-order valence-corrected chi connectivity index (χ1v) is 3.90. The lowest BCUT2D eigenvalue weighted by Crippen LogP contribution is -2.30. The average Bonchev–Trinajstić information content (AvgIpc) is 2.36. The Balaban J connectivity index is 2.31. The molecule has 11 heavy (non-hydrogen) atoms. The molecular formula is C7H14N2O2. The summed E-state index contributed by atoms with van der Waals surface area (Å²) < 4.78 is 0. The van der Waals surface area contributed by atoms with Crippen LogP contribution in [0.15, 0.2) is 0 Å². The van der Waals surface area contributed by atoms with E-state index >= 15 is 0 Å². The zero-order chi connectivity index (χ0) is 8.27. The molecule has 64 valence electrons. The van der Waals surface area contributed by atoms with Gasteiger partial charge in [0.05, 0.1) is 6.10 Å². The van der Waals surface area contributed by atoms with Gasteiger partial charge in [0.15, 0.2) is 0 Å². The van der Waals surface area contributed by atoms with Crippen LogP contribution >= 0.6 is 0 Å². The van der Waals surface area contributed by atoms with Crippen molar-refractivity contribution in [2.45, 2.75) is 18.9 Å². The highest BCUT2D eigenvalue weighted by molar-refractivity contribution is 5.76. The van der Waals surface area contributed by atoms with Gasteiger partial charge in [0.25, 0.3) is 0 Å². The molecular weight excluding hydrogens is 144 g/mol. The fraction of sp³-hybridized carbons (Fsp3) is 0.857. The standard InChI is InChI=1S/C7H14N2O2/c8-3-1-7(11)9-4-2-6(10)5-9/h6,10H,1-5,8H2/t6-/m1/s1. The van der Waals surface area contributed by atoms with E-state index in [0.717, 1.165) is 0 Å². The summed E-state index contributed by atoms with van der Waals surface area (Å²) in [6.07, 6.45) is 0.778. The predicted octanol–water partition coefficient (Wildman–Crippen LogP) is -1.07. The largest absolute Gasteiger partial charge is 0.391 e. The van der Waals surface area contributed by atoms with E-state index in [-0.39, 0.29) is 12.0 Å². The summed E-state index contributed by atoms with van der Waals surface area (Å²) in [4.78, 5) is 12.8. The zero-order valence-corrected chi connectivity index (χ0v) is 6.49. The van der Waals surface area contributed by atoms with Crippen molar-refractivity contribution in [2.75, 3.05) is 19.6 Å². The minimum Gasteiger partial charge on any atom is -0.391 e. The molecule has 0 aromatic heterocycles. The van der Waals surface area contributed by atoms with Crippen molar-refractivity contribution in [2.24, 2.45) is 5.73 Å². The molecule has 0 radical (unpaired) electrons. The Morgan fingerprint density at radius 2 is 2.45 bits per heavy atom. The lowest BCUT2D eigenvalue weighted by Gasteiger charge is -2.14. The number of nitrogens with two attached hydrogens (primary N) is 1. The molecule has 1 amide bonds. The SMILES string of the molecule is NCCC(=O)N1CC[C@@H](O)C1. The number of aliphatic hydroxyl groups excluding tert-OH is 1. The Labute approximate surface area is 66.0 Å². The van der Waals surface area contributed by atoms with Crippen LogP contribution in [-0.2, 0) is 4.79 Å². The highest BCUT2D eigenvalue weighted by atomic mass is 16.3. The zero-order valence-electron chi connectivity index (χ0n) is 6.49. The summed E-state index contributed by atoms with van der Waals surface area (Å²) in [6, 6.07) is 0. The van der Waals surface area contributed by atoms with Crippen molar-refractivity contribution < 1.29 is 9.90 Å². The molecule has 0 saturated carbocycles. The molecule has 1 aliphatic rings. The molecule has 1 heterocycles. The molecule has 1 aliphatic heterocycles. The first kappa shape index (κ1) is 8.49. The molecule has 0 aromatic rings. The van der Waals surface area contributed by atoms with E-state index in [0.29, 0.717) is 32.5 Å². The second-order valence-electron chi connectivity index (χ2n) is 2.82. The van der Waals surface area contributed by atoms with E-state index in [4.69, 9.17) is 10.8 Å². The van der Waals surface area contributed by atoms with Crippen molar-refractivity contribution in [1.29, 1.82) is 0 Å². The molecule has 1 saturated heterocycles. The van der Waals surface area contributed by atoms with E-state index in [2.05, 4.69) is 0 Å². The molecule has 0 aliphatic carbocycles. The van der Waals surface area contributed by atoms with E-state index in [1.807, 2.05) is 0 Å². The van der Waals surface area contributed by atoms with Crippen LogP contribution in [0.1, 0.15) is 12.8 Å². The van der Waals surface area contributed by atoms with Gasteiger partial charge in [-0.15, -0.1) is 0 Å². The van der Waals surface area contributed by atoms with Gasteiger partial charge in [-0.3, -0.25) is 4.79 Å². The Bertz CT molecular complexity index is 149. The van der Waals surface area contributed by atoms with Gasteiger partial charge in [-0.05, 0) is 6.42 Å². The van der Waals surface area contributed by atoms with Gasteiger partial charge in [-0.1, -0.05) is 0 Å². The van der Waals surface area contributed by atoms with Gasteiger partial charge in [-0.25, -0.2) is 0 Å². The van der Waals surface area contributed by atoms with Crippen LogP contribution in [0.4, 0.5) is 0 Å². The number of carbonyl (C=O) groups excluding carboxylic acids is 1. The van der Waals surface area contributed by atoms with Crippen molar-refractivity contribution in [3.63, 3.8) is 0 Å². The van der Waals surface area contributed by atoms with Crippen LogP contribution in [0.25, 0.3) is 0 Å². The summed E-state index contributed by atoms with van der Waals surface area (Å²) >= 11 is 0. The quantitative estimate of drug-likeness (QED) is 0.537. The minimum atomic E-state index is -0.322. The van der Waals surface area contributed by atoms with E-state index in [1.165, 1.54) is 0 Å². The average molecular weight is 158 g/mol. The van der Waals surface area contributed by atoms with E-state index in [9.17, 15) is 4.79 Å². The molecule has 3 N–H and O–H groups in total. The summed E-state index contributed by atoms with van der Waals surface area (Å²) in [7, 11) is 0. The second-order valence-corrected chi connectivity index (χ2v) is 2.82. The molecule has 1 rings (SSSR count). The number of β-amino-alcohol motifs (C(OH)–C–C–N with tert-alkyl or cyclic N) is 1. The molecule has 4 nitrogen and oxygen atoms in total. The highest BCUT2D eigenvalue weighted by Gasteiger charge is 2.23. The normalized spacial score (nSPS) is 24.2. The van der Waals surface area contributed by atoms with Crippen LogP contribution in [0.3, 0.4) is 0 Å². The number of hydrogen-bond donors (Lipinski definition) is 2. The predicted molar refractivity (Wildman–Crippen MR) is 40.9 cm³/mol. The van der Waals surface area contributed by atoms with E-state index in [1.54, 1.807) is 4.90 Å². The van der Waals surface area contributed by atoms with Gasteiger partial charge < -0.3 is 15.7 Å². The molecule has 1 fully saturated rings. The monoisotopic (exact) mass is 158 g/mol. The lowest BCUT2D eigenvalue weighted by atomic mass is 10.3. The number of aliphatic hydroxyl groups is 1. The summed E-state index contributed by atoms with van der Waals surface area (Å²) in [5, 5.41) is 9.09. The number of hydrogen-bond acceptors (Lipinski definition) is 3. The van der Waals surface area contributed by atoms with Gasteiger partial charge in [0.1, 0.15) is 0 Å². The molecule has 0 bridgehead atoms. The third-order valence-corrected chi connectivity index (χ3v) is 1.87. The Morgan fingerprint density at radius 1 is 1.73 bits per heavy atom. The van der Waals surface area contributed by atoms with E-state index < -0.39 is 0 Å². The first-order chi connectivity index (χ1) is 5.24. The number of rotatable bonds is 2. The van der Waals surface area contributed by atoms with Crippen LogP contribution < -0.4 is 5.73 Å². The smallest absolute Gasteiger partial charge is 0.223 e. The fourth-order valence-corrected chi connectivity index (χ4v) is 1.25. The van der Waals surface area contributed by atoms with Crippen LogP contribution in [0, 0.1) is 0 Å². The number of likely N-dealkylation sites (tertiary alicyclic amines) is 1. The van der Waals surface area contributed by atoms with Crippen LogP contribution in [0.2, 0.25) is 0 Å². The maximum absolute atomic E-state index is 11.1. The molecule has 0 aromatic carbocycles. The van der Waals surface area contributed by atoms with Crippen molar-refractivity contribution in [3.8, 4) is 0 Å². The maximum Gasteiger partial charge on any atom is 0.223 e. The first-order valence-electron chi connectivity index (χ1n) is 3.90. The van der Waals surface area contributed by atoms with Crippen LogP contribution in [-0.4, -0.2) is 41.7 Å². The van der Waals surface area contributed by atoms with Gasteiger partial charge in [-0.2, -0.15) is 0 Å². The van der Waals surface area contributed by atoms with Crippen molar-refractivity contribution >= 4 is 5.91 Å². The summed E-state index contributed by atoms with van der Waals surface area (Å²) in [5.41, 5.74) is 5.22. The lowest BCUT2D eigenvalue weighted by molar-refractivity contribution is -0.130.